The minimum absolute atomic E-state index is 0.0166. The van der Waals surface area contributed by atoms with Gasteiger partial charge in [-0.2, -0.15) is 0 Å². The first-order valence-corrected chi connectivity index (χ1v) is 7.11. The number of aryl methyl sites for hydroxylation is 1. The van der Waals surface area contributed by atoms with Crippen LogP contribution in [0.4, 0.5) is 5.69 Å². The van der Waals surface area contributed by atoms with Gasteiger partial charge in [-0.05, 0) is 41.9 Å². The van der Waals surface area contributed by atoms with Crippen LogP contribution in [0.1, 0.15) is 19.3 Å². The molecule has 1 aliphatic rings. The zero-order valence-corrected chi connectivity index (χ0v) is 11.9. The van der Waals surface area contributed by atoms with E-state index >= 15 is 0 Å². The number of anilines is 1. The van der Waals surface area contributed by atoms with Crippen LogP contribution < -0.4 is 10.6 Å². The Bertz CT molecular complexity index is 632. The van der Waals surface area contributed by atoms with Crippen molar-refractivity contribution in [1.82, 2.24) is 25.5 Å². The van der Waals surface area contributed by atoms with Crippen molar-refractivity contribution in [2.75, 3.05) is 11.9 Å². The summed E-state index contributed by atoms with van der Waals surface area (Å²) in [5.74, 6) is 0.685. The molecule has 7 heteroatoms. The van der Waals surface area contributed by atoms with Gasteiger partial charge in [0.25, 0.3) is 0 Å². The van der Waals surface area contributed by atoms with E-state index < -0.39 is 0 Å². The third-order valence-electron chi connectivity index (χ3n) is 3.64. The molecule has 21 heavy (non-hydrogen) atoms. The lowest BCUT2D eigenvalue weighted by molar-refractivity contribution is -0.118. The van der Waals surface area contributed by atoms with Crippen LogP contribution >= 0.6 is 0 Å². The van der Waals surface area contributed by atoms with Gasteiger partial charge in [0.05, 0.1) is 6.04 Å². The lowest BCUT2D eigenvalue weighted by Gasteiger charge is -2.22. The molecule has 110 valence electrons. The molecule has 0 radical (unpaired) electrons. The second-order valence-electron chi connectivity index (χ2n) is 5.20. The van der Waals surface area contributed by atoms with Crippen LogP contribution in [0.15, 0.2) is 24.3 Å². The van der Waals surface area contributed by atoms with Gasteiger partial charge < -0.3 is 10.6 Å². The summed E-state index contributed by atoms with van der Waals surface area (Å²) in [7, 11) is 1.78. The number of rotatable bonds is 3. The normalized spacial score (nSPS) is 18.4. The van der Waals surface area contributed by atoms with Crippen molar-refractivity contribution in [3.63, 3.8) is 0 Å². The second kappa shape index (κ2) is 6.01. The molecule has 1 amide bonds. The van der Waals surface area contributed by atoms with Crippen LogP contribution in [0, 0.1) is 0 Å². The number of amides is 1. The molecule has 3 rings (SSSR count). The number of nitrogens with zero attached hydrogens (tertiary/aromatic N) is 4. The van der Waals surface area contributed by atoms with Gasteiger partial charge in [-0.25, -0.2) is 4.68 Å². The van der Waals surface area contributed by atoms with Crippen molar-refractivity contribution in [2.45, 2.75) is 25.3 Å². The highest BCUT2D eigenvalue weighted by atomic mass is 16.2. The number of piperidine rings is 1. The summed E-state index contributed by atoms with van der Waals surface area (Å²) in [5.41, 5.74) is 1.63. The average molecular weight is 286 g/mol. The number of aromatic nitrogens is 4. The first-order valence-electron chi connectivity index (χ1n) is 7.11. The SMILES string of the molecule is Cn1nnnc1-c1cccc(NC(=O)[C@@H]2CCCCN2)c1. The molecular formula is C14H18N6O. The molecule has 1 atom stereocenters. The highest BCUT2D eigenvalue weighted by Gasteiger charge is 2.20. The Morgan fingerprint density at radius 1 is 1.43 bits per heavy atom. The number of carbonyl (C=O) groups is 1. The average Bonchev–Trinajstić information content (AvgIpc) is 2.94. The van der Waals surface area contributed by atoms with Gasteiger partial charge in [0.1, 0.15) is 0 Å². The van der Waals surface area contributed by atoms with Crippen LogP contribution in [0.2, 0.25) is 0 Å². The summed E-state index contributed by atoms with van der Waals surface area (Å²) >= 11 is 0. The zero-order valence-electron chi connectivity index (χ0n) is 11.9. The number of carbonyl (C=O) groups excluding carboxylic acids is 1. The Hall–Kier alpha value is -2.28. The molecule has 2 aromatic rings. The fourth-order valence-corrected chi connectivity index (χ4v) is 2.52. The van der Waals surface area contributed by atoms with Gasteiger partial charge in [-0.1, -0.05) is 18.6 Å². The van der Waals surface area contributed by atoms with E-state index in [-0.39, 0.29) is 11.9 Å². The Labute approximate surface area is 122 Å². The highest BCUT2D eigenvalue weighted by Crippen LogP contribution is 2.20. The van der Waals surface area contributed by atoms with Crippen molar-refractivity contribution in [3.05, 3.63) is 24.3 Å². The van der Waals surface area contributed by atoms with Crippen LogP contribution in [-0.4, -0.2) is 38.7 Å². The van der Waals surface area contributed by atoms with E-state index in [4.69, 9.17) is 0 Å². The van der Waals surface area contributed by atoms with E-state index in [9.17, 15) is 4.79 Å². The number of benzene rings is 1. The van der Waals surface area contributed by atoms with Crippen molar-refractivity contribution in [1.29, 1.82) is 0 Å². The van der Waals surface area contributed by atoms with E-state index in [1.54, 1.807) is 11.7 Å². The van der Waals surface area contributed by atoms with Crippen molar-refractivity contribution < 1.29 is 4.79 Å². The molecule has 0 unspecified atom stereocenters. The highest BCUT2D eigenvalue weighted by molar-refractivity contribution is 5.95. The predicted octanol–water partition coefficient (Wildman–Crippen LogP) is 0.958. The van der Waals surface area contributed by atoms with Crippen molar-refractivity contribution in [2.24, 2.45) is 7.05 Å². The maximum Gasteiger partial charge on any atom is 0.241 e. The molecule has 1 aromatic carbocycles. The molecule has 1 fully saturated rings. The topological polar surface area (TPSA) is 84.7 Å². The van der Waals surface area contributed by atoms with E-state index in [1.165, 1.54) is 0 Å². The molecule has 1 saturated heterocycles. The van der Waals surface area contributed by atoms with E-state index in [2.05, 4.69) is 26.2 Å². The first kappa shape index (κ1) is 13.7. The van der Waals surface area contributed by atoms with Gasteiger partial charge in [-0.15, -0.1) is 5.10 Å². The van der Waals surface area contributed by atoms with E-state index in [0.717, 1.165) is 37.1 Å². The molecule has 0 spiro atoms. The molecular weight excluding hydrogens is 268 g/mol. The molecule has 2 heterocycles. The summed E-state index contributed by atoms with van der Waals surface area (Å²) in [4.78, 5) is 12.2. The third kappa shape index (κ3) is 3.08. The lowest BCUT2D eigenvalue weighted by atomic mass is 10.0. The van der Waals surface area contributed by atoms with Gasteiger partial charge in [0, 0.05) is 18.3 Å². The Balaban J connectivity index is 1.74. The standard InChI is InChI=1S/C14H18N6O/c1-20-13(17-18-19-20)10-5-4-6-11(9-10)16-14(21)12-7-2-3-8-15-12/h4-6,9,12,15H,2-3,7-8H2,1H3,(H,16,21)/t12-/m0/s1. The number of hydrogen-bond donors (Lipinski definition) is 2. The number of nitrogens with one attached hydrogen (secondary N) is 2. The predicted molar refractivity (Wildman–Crippen MR) is 78.5 cm³/mol. The van der Waals surface area contributed by atoms with E-state index in [0.29, 0.717) is 5.82 Å². The van der Waals surface area contributed by atoms with E-state index in [1.807, 2.05) is 24.3 Å². The van der Waals surface area contributed by atoms with Gasteiger partial charge >= 0.3 is 0 Å². The molecule has 1 aliphatic heterocycles. The Kier molecular flexibility index (Phi) is 3.92. The monoisotopic (exact) mass is 286 g/mol. The number of tetrazole rings is 1. The molecule has 0 aliphatic carbocycles. The fraction of sp³-hybridized carbons (Fsp3) is 0.429. The quantitative estimate of drug-likeness (QED) is 0.878. The zero-order chi connectivity index (χ0) is 14.7. The molecule has 7 nitrogen and oxygen atoms in total. The fourth-order valence-electron chi connectivity index (χ4n) is 2.52. The minimum Gasteiger partial charge on any atom is -0.325 e. The summed E-state index contributed by atoms with van der Waals surface area (Å²) in [6.45, 7) is 0.905. The van der Waals surface area contributed by atoms with Crippen molar-refractivity contribution >= 4 is 11.6 Å². The third-order valence-corrected chi connectivity index (χ3v) is 3.64. The van der Waals surface area contributed by atoms with Crippen molar-refractivity contribution in [3.8, 4) is 11.4 Å². The van der Waals surface area contributed by atoms with Gasteiger partial charge in [0.15, 0.2) is 5.82 Å². The summed E-state index contributed by atoms with van der Waals surface area (Å²) in [6.07, 6.45) is 3.12. The first-order chi connectivity index (χ1) is 10.2. The summed E-state index contributed by atoms with van der Waals surface area (Å²) in [6, 6.07) is 7.45. The molecule has 0 saturated carbocycles. The minimum atomic E-state index is -0.0982. The smallest absolute Gasteiger partial charge is 0.241 e. The maximum absolute atomic E-state index is 12.2. The Morgan fingerprint density at radius 2 is 2.33 bits per heavy atom. The molecule has 1 aromatic heterocycles. The Morgan fingerprint density at radius 3 is 3.05 bits per heavy atom. The van der Waals surface area contributed by atoms with Gasteiger partial charge in [-0.3, -0.25) is 4.79 Å². The molecule has 0 bridgehead atoms. The van der Waals surface area contributed by atoms with Gasteiger partial charge in [0.2, 0.25) is 5.91 Å². The molecule has 2 N–H and O–H groups in total. The van der Waals surface area contributed by atoms with Crippen LogP contribution in [0.5, 0.6) is 0 Å². The maximum atomic E-state index is 12.2. The van der Waals surface area contributed by atoms with Crippen LogP contribution in [0.3, 0.4) is 0 Å². The van der Waals surface area contributed by atoms with Crippen LogP contribution in [0.25, 0.3) is 11.4 Å². The lowest BCUT2D eigenvalue weighted by Crippen LogP contribution is -2.43. The van der Waals surface area contributed by atoms with Crippen LogP contribution in [-0.2, 0) is 11.8 Å². The number of hydrogen-bond acceptors (Lipinski definition) is 5. The second-order valence-corrected chi connectivity index (χ2v) is 5.20. The largest absolute Gasteiger partial charge is 0.325 e. The summed E-state index contributed by atoms with van der Waals surface area (Å²) in [5, 5.41) is 17.6. The summed E-state index contributed by atoms with van der Waals surface area (Å²) < 4.78 is 1.60.